The van der Waals surface area contributed by atoms with E-state index in [-0.39, 0.29) is 23.6 Å². The van der Waals surface area contributed by atoms with Crippen molar-refractivity contribution in [3.63, 3.8) is 0 Å². The van der Waals surface area contributed by atoms with Crippen LogP contribution in [0.1, 0.15) is 43.5 Å². The molecule has 1 aromatic heterocycles. The Kier molecular flexibility index (Phi) is 7.46. The molecule has 2 aromatic rings. The number of methoxy groups -OCH3 is 2. The highest BCUT2D eigenvalue weighted by molar-refractivity contribution is 6.09. The van der Waals surface area contributed by atoms with Crippen LogP contribution in [0.25, 0.3) is 0 Å². The van der Waals surface area contributed by atoms with Crippen molar-refractivity contribution in [1.82, 2.24) is 9.55 Å². The number of aromatic nitrogens is 2. The Morgan fingerprint density at radius 1 is 1.17 bits per heavy atom. The van der Waals surface area contributed by atoms with Gasteiger partial charge in [0.25, 0.3) is 11.5 Å². The number of carbonyl (C=O) groups is 1. The average molecular weight is 404 g/mol. The SMILES string of the molecule is CCCCN(C(=O)c1ccc(OC)cc1OC)c1c(N)n(CCC)c(=O)[nH]c1=O. The highest BCUT2D eigenvalue weighted by Gasteiger charge is 2.27. The molecule has 3 N–H and O–H groups in total. The van der Waals surface area contributed by atoms with Gasteiger partial charge in [-0.25, -0.2) is 4.79 Å². The number of carbonyl (C=O) groups excluding carboxylic acids is 1. The normalized spacial score (nSPS) is 10.6. The predicted octanol–water partition coefficient (Wildman–Crippen LogP) is 1.99. The predicted molar refractivity (Wildman–Crippen MR) is 112 cm³/mol. The molecule has 9 nitrogen and oxygen atoms in total. The number of H-pyrrole nitrogens is 1. The standard InChI is InChI=1S/C20H28N4O5/c1-5-7-11-23(16-17(21)24(10-6-2)20(27)22-18(16)25)19(26)14-9-8-13(28-3)12-15(14)29-4/h8-9,12H,5-7,10-11,21H2,1-4H3,(H,22,25,27). The lowest BCUT2D eigenvalue weighted by Gasteiger charge is -2.25. The minimum absolute atomic E-state index is 0.0301. The summed E-state index contributed by atoms with van der Waals surface area (Å²) in [5.74, 6) is 0.370. The van der Waals surface area contributed by atoms with E-state index in [1.54, 1.807) is 18.2 Å². The molecule has 158 valence electrons. The number of nitrogens with two attached hydrogens (primary N) is 1. The van der Waals surface area contributed by atoms with Crippen LogP contribution in [0, 0.1) is 0 Å². The van der Waals surface area contributed by atoms with Crippen molar-refractivity contribution in [2.24, 2.45) is 0 Å². The number of unbranched alkanes of at least 4 members (excludes halogenated alkanes) is 1. The number of benzene rings is 1. The zero-order valence-electron chi connectivity index (χ0n) is 17.3. The molecule has 0 atom stereocenters. The number of nitrogens with one attached hydrogen (secondary N) is 1. The Balaban J connectivity index is 2.64. The van der Waals surface area contributed by atoms with Gasteiger partial charge in [-0.05, 0) is 25.0 Å². The molecule has 0 aliphatic heterocycles. The number of anilines is 2. The molecule has 0 aliphatic rings. The second-order valence-electron chi connectivity index (χ2n) is 6.52. The highest BCUT2D eigenvalue weighted by Crippen LogP contribution is 2.28. The molecule has 1 aromatic carbocycles. The number of hydrogen-bond acceptors (Lipinski definition) is 6. The number of amides is 1. The fraction of sp³-hybridized carbons (Fsp3) is 0.450. The molecule has 1 amide bonds. The molecule has 0 aliphatic carbocycles. The second-order valence-corrected chi connectivity index (χ2v) is 6.52. The van der Waals surface area contributed by atoms with Crippen molar-refractivity contribution in [3.05, 3.63) is 44.6 Å². The van der Waals surface area contributed by atoms with Crippen molar-refractivity contribution in [3.8, 4) is 11.5 Å². The largest absolute Gasteiger partial charge is 0.497 e. The van der Waals surface area contributed by atoms with Crippen LogP contribution < -0.4 is 31.4 Å². The molecule has 0 fully saturated rings. The van der Waals surface area contributed by atoms with Crippen LogP contribution in [-0.2, 0) is 6.54 Å². The smallest absolute Gasteiger partial charge is 0.330 e. The summed E-state index contributed by atoms with van der Waals surface area (Å²) in [7, 11) is 2.96. The van der Waals surface area contributed by atoms with Crippen LogP contribution >= 0.6 is 0 Å². The number of nitrogen functional groups attached to an aromatic ring is 1. The van der Waals surface area contributed by atoms with Crippen LogP contribution in [0.5, 0.6) is 11.5 Å². The van der Waals surface area contributed by atoms with E-state index >= 15 is 0 Å². The van der Waals surface area contributed by atoms with Crippen LogP contribution in [0.4, 0.5) is 11.5 Å². The van der Waals surface area contributed by atoms with Crippen LogP contribution in [0.2, 0.25) is 0 Å². The van der Waals surface area contributed by atoms with Crippen molar-refractivity contribution in [2.45, 2.75) is 39.7 Å². The van der Waals surface area contributed by atoms with E-state index in [9.17, 15) is 14.4 Å². The third-order valence-corrected chi connectivity index (χ3v) is 4.55. The maximum absolute atomic E-state index is 13.4. The highest BCUT2D eigenvalue weighted by atomic mass is 16.5. The minimum Gasteiger partial charge on any atom is -0.497 e. The topological polar surface area (TPSA) is 120 Å². The molecule has 0 saturated heterocycles. The summed E-state index contributed by atoms with van der Waals surface area (Å²) < 4.78 is 11.8. The zero-order chi connectivity index (χ0) is 21.6. The van der Waals surface area contributed by atoms with Crippen molar-refractivity contribution in [1.29, 1.82) is 0 Å². The van der Waals surface area contributed by atoms with E-state index in [0.717, 1.165) is 6.42 Å². The van der Waals surface area contributed by atoms with Gasteiger partial charge in [0.2, 0.25) is 0 Å². The van der Waals surface area contributed by atoms with Crippen molar-refractivity contribution >= 4 is 17.4 Å². The lowest BCUT2D eigenvalue weighted by atomic mass is 10.1. The Hall–Kier alpha value is -3.23. The Morgan fingerprint density at radius 2 is 1.90 bits per heavy atom. The summed E-state index contributed by atoms with van der Waals surface area (Å²) in [5, 5.41) is 0. The van der Waals surface area contributed by atoms with Gasteiger partial charge < -0.3 is 20.1 Å². The molecular formula is C20H28N4O5. The molecular weight excluding hydrogens is 376 g/mol. The third-order valence-electron chi connectivity index (χ3n) is 4.55. The molecule has 1 heterocycles. The van der Waals surface area contributed by atoms with Gasteiger partial charge in [-0.2, -0.15) is 0 Å². The molecule has 0 unspecified atom stereocenters. The molecule has 0 spiro atoms. The summed E-state index contributed by atoms with van der Waals surface area (Å²) in [4.78, 5) is 41.7. The molecule has 0 radical (unpaired) electrons. The van der Waals surface area contributed by atoms with E-state index in [1.807, 2.05) is 13.8 Å². The molecule has 2 rings (SSSR count). The van der Waals surface area contributed by atoms with Gasteiger partial charge in [0.15, 0.2) is 5.69 Å². The van der Waals surface area contributed by atoms with Gasteiger partial charge in [-0.3, -0.25) is 19.1 Å². The summed E-state index contributed by atoms with van der Waals surface area (Å²) in [6.07, 6.45) is 2.09. The molecule has 0 bridgehead atoms. The van der Waals surface area contributed by atoms with Gasteiger partial charge in [-0.15, -0.1) is 0 Å². The van der Waals surface area contributed by atoms with E-state index < -0.39 is 17.2 Å². The van der Waals surface area contributed by atoms with Gasteiger partial charge in [-0.1, -0.05) is 20.3 Å². The van der Waals surface area contributed by atoms with Crippen LogP contribution in [0.15, 0.2) is 27.8 Å². The van der Waals surface area contributed by atoms with Gasteiger partial charge in [0, 0.05) is 19.2 Å². The number of ether oxygens (including phenoxy) is 2. The van der Waals surface area contributed by atoms with Crippen molar-refractivity contribution in [2.75, 3.05) is 31.4 Å². The van der Waals surface area contributed by atoms with E-state index in [2.05, 4.69) is 4.98 Å². The summed E-state index contributed by atoms with van der Waals surface area (Å²) in [5.41, 5.74) is 5.11. The first-order valence-corrected chi connectivity index (χ1v) is 9.55. The van der Waals surface area contributed by atoms with Gasteiger partial charge in [0.05, 0.1) is 19.8 Å². The first-order valence-electron chi connectivity index (χ1n) is 9.55. The fourth-order valence-electron chi connectivity index (χ4n) is 3.04. The van der Waals surface area contributed by atoms with Gasteiger partial charge >= 0.3 is 5.69 Å². The molecule has 0 saturated carbocycles. The summed E-state index contributed by atoms with van der Waals surface area (Å²) in [6.45, 7) is 4.46. The number of nitrogens with zero attached hydrogens (tertiary/aromatic N) is 2. The molecule has 29 heavy (non-hydrogen) atoms. The monoisotopic (exact) mass is 404 g/mol. The Labute approximate surface area is 169 Å². The molecule has 9 heteroatoms. The van der Waals surface area contributed by atoms with E-state index in [1.165, 1.54) is 23.7 Å². The van der Waals surface area contributed by atoms with Gasteiger partial charge in [0.1, 0.15) is 17.3 Å². The second kappa shape index (κ2) is 9.81. The Bertz CT molecular complexity index is 980. The maximum atomic E-state index is 13.4. The summed E-state index contributed by atoms with van der Waals surface area (Å²) in [6, 6.07) is 4.81. The first-order chi connectivity index (χ1) is 13.9. The Morgan fingerprint density at radius 3 is 2.48 bits per heavy atom. The number of aromatic amines is 1. The number of rotatable bonds is 9. The quantitative estimate of drug-likeness (QED) is 0.660. The maximum Gasteiger partial charge on any atom is 0.330 e. The lowest BCUT2D eigenvalue weighted by molar-refractivity contribution is 0.0983. The van der Waals surface area contributed by atoms with Crippen LogP contribution in [0.3, 0.4) is 0 Å². The lowest BCUT2D eigenvalue weighted by Crippen LogP contribution is -2.41. The van der Waals surface area contributed by atoms with Crippen LogP contribution in [-0.4, -0.2) is 36.2 Å². The third kappa shape index (κ3) is 4.61. The van der Waals surface area contributed by atoms with E-state index in [4.69, 9.17) is 15.2 Å². The zero-order valence-corrected chi connectivity index (χ0v) is 17.3. The first kappa shape index (κ1) is 22.1. The van der Waals surface area contributed by atoms with Crippen molar-refractivity contribution < 1.29 is 14.3 Å². The summed E-state index contributed by atoms with van der Waals surface area (Å²) >= 11 is 0. The fourth-order valence-corrected chi connectivity index (χ4v) is 3.04. The number of hydrogen-bond donors (Lipinski definition) is 2. The van der Waals surface area contributed by atoms with E-state index in [0.29, 0.717) is 30.9 Å². The average Bonchev–Trinajstić information content (AvgIpc) is 2.72. The minimum atomic E-state index is -0.697.